The van der Waals surface area contributed by atoms with Gasteiger partial charge in [-0.05, 0) is 0 Å². The van der Waals surface area contributed by atoms with Crippen LogP contribution < -0.4 is 5.32 Å². The summed E-state index contributed by atoms with van der Waals surface area (Å²) in [5.41, 5.74) is 0. The molecule has 0 unspecified atom stereocenters. The predicted octanol–water partition coefficient (Wildman–Crippen LogP) is 0.365. The molecule has 9 heavy (non-hydrogen) atoms. The molecule has 0 amide bonds. The molecule has 0 aromatic heterocycles. The van der Waals surface area contributed by atoms with Crippen molar-refractivity contribution in [1.82, 2.24) is 5.32 Å². The first-order valence-electron chi connectivity index (χ1n) is 2.48. The molecule has 0 aromatic carbocycles. The normalized spacial score (nSPS) is 19.0. The van der Waals surface area contributed by atoms with Crippen LogP contribution in [-0.2, 0) is 16.0 Å². The summed E-state index contributed by atoms with van der Waals surface area (Å²) in [5.74, 6) is 0.610. The summed E-state index contributed by atoms with van der Waals surface area (Å²) in [6.45, 7) is 0. The molecule has 0 spiro atoms. The predicted molar refractivity (Wildman–Crippen MR) is 31.3 cm³/mol. The Labute approximate surface area is 61.4 Å². The molecule has 3 nitrogen and oxygen atoms in total. The van der Waals surface area contributed by atoms with Crippen molar-refractivity contribution in [3.05, 3.63) is 10.5 Å². The molecule has 0 bridgehead atoms. The van der Waals surface area contributed by atoms with Crippen molar-refractivity contribution in [2.24, 2.45) is 0 Å². The molecule has 4 heteroatoms. The Morgan fingerprint density at radius 3 is 2.67 bits per heavy atom. The Balaban J connectivity index is 2.79. The van der Waals surface area contributed by atoms with Crippen molar-refractivity contribution in [3.63, 3.8) is 0 Å². The van der Waals surface area contributed by atoms with E-state index in [-0.39, 0.29) is 5.84 Å². The van der Waals surface area contributed by atoms with E-state index in [1.54, 1.807) is 6.08 Å². The second-order valence-corrected chi connectivity index (χ2v) is 2.32. The Kier molecular flexibility index (Phi) is 1.69. The van der Waals surface area contributed by atoms with Crippen molar-refractivity contribution in [3.8, 4) is 0 Å². The van der Waals surface area contributed by atoms with E-state index < -0.39 is 0 Å². The standard InChI is InChI=1S/C5H6N3.Fe/c6-4-2-1-3-5(7)8-4;/h1H,2H2,(H3,6,7,8);. The van der Waals surface area contributed by atoms with Crippen molar-refractivity contribution in [2.45, 2.75) is 6.42 Å². The summed E-state index contributed by atoms with van der Waals surface area (Å²) < 4.78 is 0.672. The minimum atomic E-state index is 0.242. The maximum absolute atomic E-state index is 7.14. The van der Waals surface area contributed by atoms with Gasteiger partial charge >= 0.3 is 60.8 Å². The van der Waals surface area contributed by atoms with Gasteiger partial charge in [-0.2, -0.15) is 0 Å². The number of hydrogen-bond acceptors (Lipinski definition) is 2. The molecule has 1 heterocycles. The Hall–Kier alpha value is -0.601. The average Bonchev–Trinajstić information content (AvgIpc) is 1.80. The molecule has 1 aliphatic rings. The van der Waals surface area contributed by atoms with Crippen molar-refractivity contribution < 1.29 is 16.0 Å². The molecule has 0 atom stereocenters. The van der Waals surface area contributed by atoms with E-state index in [4.69, 9.17) is 10.8 Å². The fourth-order valence-electron chi connectivity index (χ4n) is 0.551. The molecule has 49 valence electrons. The second kappa shape index (κ2) is 2.33. The van der Waals surface area contributed by atoms with Gasteiger partial charge in [-0.25, -0.2) is 0 Å². The average molecular weight is 164 g/mol. The Bertz CT molecular complexity index is 194. The molecule has 0 aliphatic carbocycles. The first-order valence-corrected chi connectivity index (χ1v) is 3.03. The van der Waals surface area contributed by atoms with E-state index in [9.17, 15) is 0 Å². The van der Waals surface area contributed by atoms with Crippen LogP contribution in [-0.4, -0.2) is 11.7 Å². The quantitative estimate of drug-likeness (QED) is 0.445. The van der Waals surface area contributed by atoms with Crippen LogP contribution in [0.5, 0.6) is 0 Å². The summed E-state index contributed by atoms with van der Waals surface area (Å²) >= 11 is 3.59. The summed E-state index contributed by atoms with van der Waals surface area (Å²) in [6, 6.07) is 0. The number of amidine groups is 2. The van der Waals surface area contributed by atoms with E-state index in [1.807, 2.05) is 0 Å². The van der Waals surface area contributed by atoms with Gasteiger partial charge in [0.15, 0.2) is 0 Å². The molecular weight excluding hydrogens is 158 g/mol. The molecule has 1 aliphatic heterocycles. The van der Waals surface area contributed by atoms with Crippen LogP contribution >= 0.6 is 0 Å². The van der Waals surface area contributed by atoms with Gasteiger partial charge in [0.2, 0.25) is 0 Å². The first-order chi connectivity index (χ1) is 4.20. The zero-order valence-corrected chi connectivity index (χ0v) is 5.74. The van der Waals surface area contributed by atoms with E-state index in [1.165, 1.54) is 0 Å². The van der Waals surface area contributed by atoms with E-state index in [0.29, 0.717) is 16.7 Å². The summed E-state index contributed by atoms with van der Waals surface area (Å²) in [7, 11) is 0. The molecule has 0 saturated heterocycles. The van der Waals surface area contributed by atoms with Crippen LogP contribution in [0.2, 0.25) is 0 Å². The van der Waals surface area contributed by atoms with Crippen LogP contribution in [0.1, 0.15) is 6.42 Å². The summed E-state index contributed by atoms with van der Waals surface area (Å²) in [6.07, 6.45) is 2.34. The third-order valence-corrected chi connectivity index (χ3v) is 1.49. The van der Waals surface area contributed by atoms with Crippen LogP contribution in [0.15, 0.2) is 10.5 Å². The Morgan fingerprint density at radius 1 is 1.56 bits per heavy atom. The molecule has 0 saturated carbocycles. The molecule has 0 aromatic rings. The monoisotopic (exact) mass is 164 g/mol. The van der Waals surface area contributed by atoms with Crippen LogP contribution in [0, 0.1) is 10.8 Å². The first kappa shape index (κ1) is 6.52. The van der Waals surface area contributed by atoms with Gasteiger partial charge in [0.05, 0.1) is 0 Å². The van der Waals surface area contributed by atoms with E-state index in [0.717, 1.165) is 0 Å². The molecule has 0 radical (unpaired) electrons. The van der Waals surface area contributed by atoms with Crippen molar-refractivity contribution in [1.29, 1.82) is 10.8 Å². The van der Waals surface area contributed by atoms with E-state index in [2.05, 4.69) is 21.3 Å². The zero-order chi connectivity index (χ0) is 6.85. The van der Waals surface area contributed by atoms with Crippen molar-refractivity contribution >= 4 is 11.7 Å². The van der Waals surface area contributed by atoms with Crippen molar-refractivity contribution in [2.75, 3.05) is 0 Å². The van der Waals surface area contributed by atoms with Gasteiger partial charge in [0.25, 0.3) is 0 Å². The van der Waals surface area contributed by atoms with Gasteiger partial charge < -0.3 is 0 Å². The van der Waals surface area contributed by atoms with Gasteiger partial charge in [0, 0.05) is 0 Å². The van der Waals surface area contributed by atoms with Gasteiger partial charge in [0.1, 0.15) is 0 Å². The Morgan fingerprint density at radius 2 is 2.22 bits per heavy atom. The second-order valence-electron chi connectivity index (χ2n) is 1.72. The minimum absolute atomic E-state index is 0.242. The van der Waals surface area contributed by atoms with Crippen LogP contribution in [0.25, 0.3) is 0 Å². The summed E-state index contributed by atoms with van der Waals surface area (Å²) in [5, 5.41) is 16.8. The number of hydrogen-bond donors (Lipinski definition) is 3. The number of rotatable bonds is 0. The van der Waals surface area contributed by atoms with E-state index >= 15 is 0 Å². The fraction of sp³-hybridized carbons (Fsp3) is 0.200. The van der Waals surface area contributed by atoms with Crippen LogP contribution in [0.4, 0.5) is 0 Å². The van der Waals surface area contributed by atoms with Gasteiger partial charge in [-0.1, -0.05) is 0 Å². The zero-order valence-electron chi connectivity index (χ0n) is 4.64. The van der Waals surface area contributed by atoms with Gasteiger partial charge in [-0.3, -0.25) is 0 Å². The van der Waals surface area contributed by atoms with Crippen LogP contribution in [0.3, 0.4) is 0 Å². The molecule has 1 rings (SSSR count). The maximum atomic E-state index is 7.14. The third kappa shape index (κ3) is 1.40. The fourth-order valence-corrected chi connectivity index (χ4v) is 0.733. The third-order valence-electron chi connectivity index (χ3n) is 0.989. The molecule has 0 fully saturated rings. The SMILES string of the molecule is N=C1CC=[C]([Fe])C(=N)N1. The molecular formula is C5H6FeN3. The number of nitrogens with one attached hydrogen (secondary N) is 3. The summed E-state index contributed by atoms with van der Waals surface area (Å²) in [4.78, 5) is 0. The molecule has 3 N–H and O–H groups in total. The van der Waals surface area contributed by atoms with Gasteiger partial charge in [-0.15, -0.1) is 0 Å². The topological polar surface area (TPSA) is 59.7 Å².